The zero-order chi connectivity index (χ0) is 10.1. The Kier molecular flexibility index (Phi) is 1.96. The minimum absolute atomic E-state index is 0.285. The van der Waals surface area contributed by atoms with E-state index >= 15 is 0 Å². The molecule has 72 valence electrons. The Morgan fingerprint density at radius 1 is 1.29 bits per heavy atom. The topological polar surface area (TPSA) is 43.8 Å². The van der Waals surface area contributed by atoms with E-state index in [9.17, 15) is 4.39 Å². The number of rotatable bonds is 1. The number of anilines is 1. The van der Waals surface area contributed by atoms with E-state index in [0.29, 0.717) is 16.9 Å². The van der Waals surface area contributed by atoms with Crippen LogP contribution in [0.15, 0.2) is 30.5 Å². The fourth-order valence-electron chi connectivity index (χ4n) is 1.33. The molecule has 0 spiro atoms. The third-order valence-electron chi connectivity index (χ3n) is 2.15. The number of nitrogens with zero attached hydrogens (tertiary/aromatic N) is 2. The fraction of sp³-hybridized carbons (Fsp3) is 0.100. The summed E-state index contributed by atoms with van der Waals surface area (Å²) >= 11 is 0. The summed E-state index contributed by atoms with van der Waals surface area (Å²) in [6.45, 7) is 0. The number of aryl methyl sites for hydroxylation is 1. The standard InChI is InChI=1S/C10H10FN3/c1-14-10(12)8(6-13-14)7-4-2-3-5-9(7)11/h2-6H,12H2,1H3. The second kappa shape index (κ2) is 3.14. The van der Waals surface area contributed by atoms with Crippen molar-refractivity contribution in [1.29, 1.82) is 0 Å². The van der Waals surface area contributed by atoms with Crippen molar-refractivity contribution in [3.05, 3.63) is 36.3 Å². The van der Waals surface area contributed by atoms with Crippen LogP contribution < -0.4 is 5.73 Å². The molecule has 1 aromatic carbocycles. The van der Waals surface area contributed by atoms with Crippen LogP contribution in [0, 0.1) is 5.82 Å². The van der Waals surface area contributed by atoms with Gasteiger partial charge in [-0.15, -0.1) is 0 Å². The molecule has 2 rings (SSSR count). The summed E-state index contributed by atoms with van der Waals surface area (Å²) in [5, 5.41) is 3.96. The van der Waals surface area contributed by atoms with E-state index in [1.165, 1.54) is 10.7 Å². The maximum absolute atomic E-state index is 13.4. The Morgan fingerprint density at radius 2 is 2.00 bits per heavy atom. The van der Waals surface area contributed by atoms with E-state index in [4.69, 9.17) is 5.73 Å². The van der Waals surface area contributed by atoms with E-state index in [0.717, 1.165) is 0 Å². The van der Waals surface area contributed by atoms with Crippen LogP contribution in [0.25, 0.3) is 11.1 Å². The van der Waals surface area contributed by atoms with Gasteiger partial charge in [0.2, 0.25) is 0 Å². The lowest BCUT2D eigenvalue weighted by Crippen LogP contribution is -1.98. The number of nitrogen functional groups attached to an aromatic ring is 1. The summed E-state index contributed by atoms with van der Waals surface area (Å²) in [5.74, 6) is 0.183. The van der Waals surface area contributed by atoms with Gasteiger partial charge in [-0.25, -0.2) is 4.39 Å². The highest BCUT2D eigenvalue weighted by Gasteiger charge is 2.10. The van der Waals surface area contributed by atoms with Gasteiger partial charge < -0.3 is 5.73 Å². The van der Waals surface area contributed by atoms with Crippen LogP contribution in [0.1, 0.15) is 0 Å². The van der Waals surface area contributed by atoms with Crippen LogP contribution in [-0.2, 0) is 7.05 Å². The summed E-state index contributed by atoms with van der Waals surface area (Å²) in [6.07, 6.45) is 1.56. The van der Waals surface area contributed by atoms with Gasteiger partial charge in [0.15, 0.2) is 0 Å². The molecular weight excluding hydrogens is 181 g/mol. The van der Waals surface area contributed by atoms with Crippen LogP contribution in [0.5, 0.6) is 0 Å². The lowest BCUT2D eigenvalue weighted by Gasteiger charge is -2.01. The van der Waals surface area contributed by atoms with Crippen LogP contribution in [0.2, 0.25) is 0 Å². The smallest absolute Gasteiger partial charge is 0.131 e. The number of hydrogen-bond acceptors (Lipinski definition) is 2. The second-order valence-electron chi connectivity index (χ2n) is 3.05. The number of aromatic nitrogens is 2. The maximum Gasteiger partial charge on any atom is 0.131 e. The normalized spacial score (nSPS) is 10.4. The monoisotopic (exact) mass is 191 g/mol. The number of benzene rings is 1. The molecule has 0 saturated carbocycles. The molecule has 4 heteroatoms. The number of hydrogen-bond donors (Lipinski definition) is 1. The first kappa shape index (κ1) is 8.74. The molecule has 14 heavy (non-hydrogen) atoms. The van der Waals surface area contributed by atoms with Crippen molar-refractivity contribution >= 4 is 5.82 Å². The Hall–Kier alpha value is -1.84. The van der Waals surface area contributed by atoms with Crippen molar-refractivity contribution < 1.29 is 4.39 Å². The molecule has 0 atom stereocenters. The minimum atomic E-state index is -0.285. The molecule has 0 bridgehead atoms. The average Bonchev–Trinajstić information content (AvgIpc) is 2.49. The van der Waals surface area contributed by atoms with Gasteiger partial charge in [-0.05, 0) is 6.07 Å². The van der Waals surface area contributed by atoms with Crippen molar-refractivity contribution in [3.8, 4) is 11.1 Å². The predicted molar refractivity (Wildman–Crippen MR) is 53.0 cm³/mol. The first-order valence-corrected chi connectivity index (χ1v) is 4.22. The Balaban J connectivity index is 2.60. The van der Waals surface area contributed by atoms with Gasteiger partial charge in [0.25, 0.3) is 0 Å². The van der Waals surface area contributed by atoms with Gasteiger partial charge in [0.1, 0.15) is 11.6 Å². The molecule has 0 aliphatic rings. The van der Waals surface area contributed by atoms with Crippen LogP contribution in [-0.4, -0.2) is 9.78 Å². The van der Waals surface area contributed by atoms with E-state index < -0.39 is 0 Å². The molecule has 0 saturated heterocycles. The largest absolute Gasteiger partial charge is 0.383 e. The molecule has 3 nitrogen and oxygen atoms in total. The Bertz CT molecular complexity index is 462. The van der Waals surface area contributed by atoms with Crippen molar-refractivity contribution in [2.24, 2.45) is 7.05 Å². The Labute approximate surface area is 81.0 Å². The molecule has 2 aromatic rings. The maximum atomic E-state index is 13.4. The number of nitrogens with two attached hydrogens (primary N) is 1. The average molecular weight is 191 g/mol. The van der Waals surface area contributed by atoms with Crippen LogP contribution >= 0.6 is 0 Å². The minimum Gasteiger partial charge on any atom is -0.383 e. The zero-order valence-corrected chi connectivity index (χ0v) is 7.74. The summed E-state index contributed by atoms with van der Waals surface area (Å²) in [4.78, 5) is 0. The van der Waals surface area contributed by atoms with Crippen molar-refractivity contribution in [1.82, 2.24) is 9.78 Å². The highest BCUT2D eigenvalue weighted by Crippen LogP contribution is 2.26. The predicted octanol–water partition coefficient (Wildman–Crippen LogP) is 1.81. The van der Waals surface area contributed by atoms with Gasteiger partial charge >= 0.3 is 0 Å². The van der Waals surface area contributed by atoms with Crippen molar-refractivity contribution in [2.75, 3.05) is 5.73 Å². The molecular formula is C10H10FN3. The van der Waals surface area contributed by atoms with E-state index in [1.807, 2.05) is 0 Å². The van der Waals surface area contributed by atoms with Gasteiger partial charge in [0.05, 0.1) is 6.20 Å². The summed E-state index contributed by atoms with van der Waals surface area (Å²) in [7, 11) is 1.72. The van der Waals surface area contributed by atoms with Crippen LogP contribution in [0.4, 0.5) is 10.2 Å². The molecule has 2 N–H and O–H groups in total. The Morgan fingerprint density at radius 3 is 2.57 bits per heavy atom. The van der Waals surface area contributed by atoms with Crippen molar-refractivity contribution in [3.63, 3.8) is 0 Å². The third kappa shape index (κ3) is 1.25. The van der Waals surface area contributed by atoms with Crippen LogP contribution in [0.3, 0.4) is 0 Å². The van der Waals surface area contributed by atoms with E-state index in [1.54, 1.807) is 31.4 Å². The fourth-order valence-corrected chi connectivity index (χ4v) is 1.33. The van der Waals surface area contributed by atoms with Gasteiger partial charge in [-0.1, -0.05) is 18.2 Å². The molecule has 0 radical (unpaired) electrons. The van der Waals surface area contributed by atoms with Crippen molar-refractivity contribution in [2.45, 2.75) is 0 Å². The van der Waals surface area contributed by atoms with E-state index in [-0.39, 0.29) is 5.82 Å². The lowest BCUT2D eigenvalue weighted by molar-refractivity contribution is 0.631. The highest BCUT2D eigenvalue weighted by atomic mass is 19.1. The first-order valence-electron chi connectivity index (χ1n) is 4.22. The first-order chi connectivity index (χ1) is 6.70. The molecule has 0 aliphatic heterocycles. The molecule has 0 fully saturated rings. The molecule has 1 aromatic heterocycles. The second-order valence-corrected chi connectivity index (χ2v) is 3.05. The summed E-state index contributed by atoms with van der Waals surface area (Å²) in [6, 6.07) is 6.50. The summed E-state index contributed by atoms with van der Waals surface area (Å²) < 4.78 is 14.9. The molecule has 0 amide bonds. The molecule has 0 unspecified atom stereocenters. The van der Waals surface area contributed by atoms with E-state index in [2.05, 4.69) is 5.10 Å². The third-order valence-corrected chi connectivity index (χ3v) is 2.15. The number of halogens is 1. The van der Waals surface area contributed by atoms with Gasteiger partial charge in [-0.3, -0.25) is 4.68 Å². The highest BCUT2D eigenvalue weighted by molar-refractivity contribution is 5.73. The molecule has 0 aliphatic carbocycles. The quantitative estimate of drug-likeness (QED) is 0.747. The lowest BCUT2D eigenvalue weighted by atomic mass is 10.1. The SMILES string of the molecule is Cn1ncc(-c2ccccc2F)c1N. The van der Waals surface area contributed by atoms with Gasteiger partial charge in [0, 0.05) is 18.2 Å². The molecule has 1 heterocycles. The summed E-state index contributed by atoms with van der Waals surface area (Å²) in [5.41, 5.74) is 6.85. The van der Waals surface area contributed by atoms with Gasteiger partial charge in [-0.2, -0.15) is 5.10 Å². The zero-order valence-electron chi connectivity index (χ0n) is 7.74.